The maximum atomic E-state index is 12.4. The summed E-state index contributed by atoms with van der Waals surface area (Å²) in [5, 5.41) is 2.64. The predicted octanol–water partition coefficient (Wildman–Crippen LogP) is 7.48. The third kappa shape index (κ3) is 20.2. The number of alkyl carbamates (subject to hydrolysis) is 1. The van der Waals surface area contributed by atoms with Crippen molar-refractivity contribution in [2.45, 2.75) is 129 Å². The largest absolute Gasteiger partial charge is 0.464 e. The molecule has 31 heavy (non-hydrogen) atoms. The van der Waals surface area contributed by atoms with Crippen LogP contribution >= 0.6 is 0 Å². The van der Waals surface area contributed by atoms with Gasteiger partial charge in [0.1, 0.15) is 12.6 Å². The van der Waals surface area contributed by atoms with E-state index in [2.05, 4.69) is 25.7 Å². The number of esters is 1. The summed E-state index contributed by atoms with van der Waals surface area (Å²) in [6, 6.07) is -0.633. The van der Waals surface area contributed by atoms with Crippen molar-refractivity contribution in [3.8, 4) is 0 Å². The van der Waals surface area contributed by atoms with E-state index in [0.717, 1.165) is 38.5 Å². The van der Waals surface area contributed by atoms with E-state index in [1.807, 2.05) is 0 Å². The van der Waals surface area contributed by atoms with Crippen LogP contribution in [0.2, 0.25) is 0 Å². The molecular weight excluding hydrogens is 390 g/mol. The van der Waals surface area contributed by atoms with Gasteiger partial charge >= 0.3 is 12.1 Å². The van der Waals surface area contributed by atoms with Gasteiger partial charge in [-0.1, -0.05) is 123 Å². The first-order valence-corrected chi connectivity index (χ1v) is 12.9. The minimum absolute atomic E-state index is 0.127. The van der Waals surface area contributed by atoms with Gasteiger partial charge in [-0.2, -0.15) is 0 Å². The Labute approximate surface area is 191 Å². The molecule has 0 aromatic heterocycles. The van der Waals surface area contributed by atoms with Gasteiger partial charge < -0.3 is 14.8 Å². The molecule has 0 radical (unpaired) electrons. The maximum absolute atomic E-state index is 12.4. The average Bonchev–Trinajstić information content (AvgIpc) is 2.77. The van der Waals surface area contributed by atoms with E-state index in [-0.39, 0.29) is 12.6 Å². The minimum Gasteiger partial charge on any atom is -0.464 e. The molecule has 182 valence electrons. The van der Waals surface area contributed by atoms with E-state index in [0.29, 0.717) is 13.0 Å². The number of amides is 1. The van der Waals surface area contributed by atoms with Crippen LogP contribution in [0.15, 0.2) is 12.7 Å². The van der Waals surface area contributed by atoms with Crippen molar-refractivity contribution < 1.29 is 19.1 Å². The van der Waals surface area contributed by atoms with Crippen molar-refractivity contribution in [2.24, 2.45) is 0 Å². The second kappa shape index (κ2) is 23.1. The molecular formula is C26H49NO4. The number of nitrogens with one attached hydrogen (secondary N) is 1. The highest BCUT2D eigenvalue weighted by Gasteiger charge is 2.22. The molecule has 0 bridgehead atoms. The van der Waals surface area contributed by atoms with Gasteiger partial charge in [0.25, 0.3) is 0 Å². The predicted molar refractivity (Wildman–Crippen MR) is 129 cm³/mol. The van der Waals surface area contributed by atoms with Gasteiger partial charge in [-0.3, -0.25) is 0 Å². The van der Waals surface area contributed by atoms with Gasteiger partial charge in [-0.25, -0.2) is 9.59 Å². The highest BCUT2D eigenvalue weighted by atomic mass is 16.6. The third-order valence-corrected chi connectivity index (χ3v) is 5.50. The Morgan fingerprint density at radius 2 is 1.23 bits per heavy atom. The number of ether oxygens (including phenoxy) is 2. The molecule has 0 aromatic rings. The summed E-state index contributed by atoms with van der Waals surface area (Å²) in [4.78, 5) is 24.2. The van der Waals surface area contributed by atoms with Crippen LogP contribution in [-0.4, -0.2) is 31.3 Å². The summed E-state index contributed by atoms with van der Waals surface area (Å²) in [5.74, 6) is -0.352. The van der Waals surface area contributed by atoms with Crippen LogP contribution < -0.4 is 5.32 Å². The summed E-state index contributed by atoms with van der Waals surface area (Å²) < 4.78 is 10.4. The van der Waals surface area contributed by atoms with Crippen LogP contribution in [0.5, 0.6) is 0 Å². The lowest BCUT2D eigenvalue weighted by molar-refractivity contribution is -0.146. The number of unbranched alkanes of at least 4 members (excludes halogenated alkanes) is 14. The molecule has 0 fully saturated rings. The zero-order valence-electron chi connectivity index (χ0n) is 20.4. The zero-order valence-corrected chi connectivity index (χ0v) is 20.4. The minimum atomic E-state index is -0.633. The standard InChI is InChI=1S/C26H49NO4/c1-4-7-9-11-12-13-14-15-16-17-18-20-23-30-25(28)24(21-19-10-8-5-2)27-26(29)31-22-6-3/h6,24H,3-5,7-23H2,1-2H3,(H,27,29). The molecule has 5 heteroatoms. The molecule has 0 saturated carbocycles. The molecule has 0 heterocycles. The van der Waals surface area contributed by atoms with Crippen molar-refractivity contribution in [1.29, 1.82) is 0 Å². The molecule has 0 aliphatic heterocycles. The fraction of sp³-hybridized carbons (Fsp3) is 0.846. The van der Waals surface area contributed by atoms with Crippen molar-refractivity contribution in [3.63, 3.8) is 0 Å². The van der Waals surface area contributed by atoms with Crippen LogP contribution in [0, 0.1) is 0 Å². The summed E-state index contributed by atoms with van der Waals surface area (Å²) in [5.41, 5.74) is 0. The van der Waals surface area contributed by atoms with Gasteiger partial charge in [0.15, 0.2) is 0 Å². The van der Waals surface area contributed by atoms with E-state index >= 15 is 0 Å². The third-order valence-electron chi connectivity index (χ3n) is 5.50. The van der Waals surface area contributed by atoms with Gasteiger partial charge in [-0.05, 0) is 12.8 Å². The lowest BCUT2D eigenvalue weighted by atomic mass is 10.1. The highest BCUT2D eigenvalue weighted by Crippen LogP contribution is 2.12. The summed E-state index contributed by atoms with van der Waals surface area (Å²) in [6.07, 6.45) is 21.0. The lowest BCUT2D eigenvalue weighted by Gasteiger charge is -2.17. The number of rotatable bonds is 22. The van der Waals surface area contributed by atoms with Gasteiger partial charge in [0.2, 0.25) is 0 Å². The Hall–Kier alpha value is -1.52. The average molecular weight is 440 g/mol. The number of hydrogen-bond acceptors (Lipinski definition) is 4. The van der Waals surface area contributed by atoms with Crippen molar-refractivity contribution in [3.05, 3.63) is 12.7 Å². The molecule has 1 N–H and O–H groups in total. The number of carbonyl (C=O) groups excluding carboxylic acids is 2. The van der Waals surface area contributed by atoms with Gasteiger partial charge in [0.05, 0.1) is 6.61 Å². The molecule has 1 amide bonds. The van der Waals surface area contributed by atoms with Crippen LogP contribution in [-0.2, 0) is 14.3 Å². The van der Waals surface area contributed by atoms with Crippen LogP contribution in [0.3, 0.4) is 0 Å². The van der Waals surface area contributed by atoms with Crippen molar-refractivity contribution in [2.75, 3.05) is 13.2 Å². The van der Waals surface area contributed by atoms with Crippen LogP contribution in [0.25, 0.3) is 0 Å². The van der Waals surface area contributed by atoms with Crippen LogP contribution in [0.4, 0.5) is 4.79 Å². The van der Waals surface area contributed by atoms with Crippen molar-refractivity contribution in [1.82, 2.24) is 5.32 Å². The van der Waals surface area contributed by atoms with E-state index < -0.39 is 12.1 Å². The van der Waals surface area contributed by atoms with Gasteiger partial charge in [-0.15, -0.1) is 0 Å². The van der Waals surface area contributed by atoms with Gasteiger partial charge in [0, 0.05) is 0 Å². The van der Waals surface area contributed by atoms with E-state index in [9.17, 15) is 9.59 Å². The fourth-order valence-electron chi connectivity index (χ4n) is 3.56. The molecule has 0 aliphatic rings. The number of carbonyl (C=O) groups is 2. The molecule has 5 nitrogen and oxygen atoms in total. The summed E-state index contributed by atoms with van der Waals surface area (Å²) in [6.45, 7) is 8.47. The van der Waals surface area contributed by atoms with E-state index in [1.165, 1.54) is 70.3 Å². The first-order chi connectivity index (χ1) is 15.2. The monoisotopic (exact) mass is 439 g/mol. The topological polar surface area (TPSA) is 64.6 Å². The molecule has 0 saturated heterocycles. The fourth-order valence-corrected chi connectivity index (χ4v) is 3.56. The second-order valence-corrected chi connectivity index (χ2v) is 8.49. The lowest BCUT2D eigenvalue weighted by Crippen LogP contribution is -2.42. The van der Waals surface area contributed by atoms with E-state index in [4.69, 9.17) is 9.47 Å². The Kier molecular flexibility index (Phi) is 22.0. The molecule has 0 spiro atoms. The quantitative estimate of drug-likeness (QED) is 0.108. The molecule has 0 aromatic carbocycles. The normalized spacial score (nSPS) is 11.7. The SMILES string of the molecule is C=CCOC(=O)NC(CCCCCC)C(=O)OCCCCCCCCCCCCCC. The first-order valence-electron chi connectivity index (χ1n) is 12.9. The van der Waals surface area contributed by atoms with Crippen LogP contribution in [0.1, 0.15) is 123 Å². The Bertz CT molecular complexity index is 439. The number of hydrogen-bond donors (Lipinski definition) is 1. The Morgan fingerprint density at radius 1 is 0.742 bits per heavy atom. The first kappa shape index (κ1) is 29.5. The second-order valence-electron chi connectivity index (χ2n) is 8.49. The van der Waals surface area contributed by atoms with Crippen molar-refractivity contribution >= 4 is 12.1 Å². The summed E-state index contributed by atoms with van der Waals surface area (Å²) in [7, 11) is 0. The highest BCUT2D eigenvalue weighted by molar-refractivity contribution is 5.81. The maximum Gasteiger partial charge on any atom is 0.408 e. The Balaban J connectivity index is 3.86. The molecule has 1 atom stereocenters. The molecule has 1 unspecified atom stereocenters. The van der Waals surface area contributed by atoms with E-state index in [1.54, 1.807) is 0 Å². The Morgan fingerprint density at radius 3 is 1.74 bits per heavy atom. The molecule has 0 rings (SSSR count). The smallest absolute Gasteiger partial charge is 0.408 e. The summed E-state index contributed by atoms with van der Waals surface area (Å²) >= 11 is 0. The zero-order chi connectivity index (χ0) is 23.0. The molecule has 0 aliphatic carbocycles.